The fourth-order valence-electron chi connectivity index (χ4n) is 8.10. The van der Waals surface area contributed by atoms with Crippen molar-refractivity contribution in [1.82, 2.24) is 14.5 Å². The predicted octanol–water partition coefficient (Wildman–Crippen LogP) is 14.8. The fraction of sp³-hybridized carbons (Fsp3) is 0. The number of hydrogen-bond acceptors (Lipinski definition) is 3. The topological polar surface area (TPSA) is 30.7 Å². The van der Waals surface area contributed by atoms with Gasteiger partial charge in [0.15, 0.2) is 5.82 Å². The quantitative estimate of drug-likeness (QED) is 0.162. The second kappa shape index (κ2) is 14.3. The molecule has 0 spiro atoms. The molecule has 3 aromatic heterocycles. The average molecular weight is 758 g/mol. The third kappa shape index (κ3) is 6.17. The molecule has 0 aliphatic heterocycles. The van der Waals surface area contributed by atoms with Gasteiger partial charge in [-0.15, -0.1) is 11.3 Å². The van der Waals surface area contributed by atoms with Gasteiger partial charge in [0.25, 0.3) is 0 Å². The third-order valence-corrected chi connectivity index (χ3v) is 12.2. The molecule has 11 aromatic rings. The van der Waals surface area contributed by atoms with Gasteiger partial charge in [0.05, 0.1) is 27.3 Å². The van der Waals surface area contributed by atoms with Gasteiger partial charge in [-0.2, -0.15) is 0 Å². The zero-order valence-corrected chi connectivity index (χ0v) is 32.3. The lowest BCUT2D eigenvalue weighted by Crippen LogP contribution is -1.95. The van der Waals surface area contributed by atoms with Crippen molar-refractivity contribution < 1.29 is 0 Å². The molecule has 0 saturated carbocycles. The lowest BCUT2D eigenvalue weighted by molar-refractivity contribution is 1.18. The Bertz CT molecular complexity index is 3110. The van der Waals surface area contributed by atoms with Gasteiger partial charge >= 0.3 is 0 Å². The summed E-state index contributed by atoms with van der Waals surface area (Å²) in [6, 6.07) is 75.8. The molecule has 0 amide bonds. The average Bonchev–Trinajstić information content (AvgIpc) is 3.89. The van der Waals surface area contributed by atoms with Crippen LogP contribution < -0.4 is 0 Å². The van der Waals surface area contributed by atoms with Crippen LogP contribution in [0.4, 0.5) is 0 Å². The highest BCUT2D eigenvalue weighted by molar-refractivity contribution is 7.22. The Kier molecular flexibility index (Phi) is 8.34. The Labute approximate surface area is 340 Å². The maximum absolute atomic E-state index is 5.08. The molecule has 0 saturated heterocycles. The summed E-state index contributed by atoms with van der Waals surface area (Å²) in [6.07, 6.45) is 0. The summed E-state index contributed by atoms with van der Waals surface area (Å²) in [7, 11) is 0. The molecular weight excluding hydrogens is 723 g/mol. The highest BCUT2D eigenvalue weighted by atomic mass is 32.1. The maximum atomic E-state index is 5.08. The largest absolute Gasteiger partial charge is 0.309 e. The van der Waals surface area contributed by atoms with E-state index in [4.69, 9.17) is 9.97 Å². The monoisotopic (exact) mass is 757 g/mol. The normalized spacial score (nSPS) is 11.4. The molecule has 58 heavy (non-hydrogen) atoms. The molecule has 0 bridgehead atoms. The Hall–Kier alpha value is -7.40. The minimum atomic E-state index is 0.725. The molecule has 3 nitrogen and oxygen atoms in total. The molecule has 11 rings (SSSR count). The lowest BCUT2D eigenvalue weighted by Gasteiger charge is -2.11. The van der Waals surface area contributed by atoms with Crippen LogP contribution in [-0.2, 0) is 0 Å². The molecule has 0 unspecified atom stereocenters. The third-order valence-electron chi connectivity index (χ3n) is 11.1. The first-order valence-corrected chi connectivity index (χ1v) is 20.4. The Morgan fingerprint density at radius 3 is 1.40 bits per heavy atom. The van der Waals surface area contributed by atoms with Gasteiger partial charge < -0.3 is 4.57 Å². The molecule has 8 aromatic carbocycles. The van der Waals surface area contributed by atoms with Gasteiger partial charge in [0.2, 0.25) is 0 Å². The van der Waals surface area contributed by atoms with E-state index in [2.05, 4.69) is 199 Å². The maximum Gasteiger partial charge on any atom is 0.160 e. The van der Waals surface area contributed by atoms with Crippen LogP contribution in [0.3, 0.4) is 0 Å². The number of thiophene rings is 1. The molecule has 0 N–H and O–H groups in total. The summed E-state index contributed by atoms with van der Waals surface area (Å²) < 4.78 is 3.65. The molecule has 0 aliphatic rings. The molecular formula is C54H35N3S. The van der Waals surface area contributed by atoms with Gasteiger partial charge in [0, 0.05) is 32.3 Å². The second-order valence-corrected chi connectivity index (χ2v) is 15.7. The highest BCUT2D eigenvalue weighted by Gasteiger charge is 2.16. The SMILES string of the molecule is c1ccc(-c2ccc3c(c2)c2cc(-c4ccccc4)ccc2n3-c2ccc(-c3ccc(-c4cc(-c5cc6ccccc6s5)nc(-c5ccccc5)n4)cc3)cc2)cc1. The molecule has 0 aliphatic carbocycles. The summed E-state index contributed by atoms with van der Waals surface area (Å²) in [6.45, 7) is 0. The molecule has 272 valence electrons. The van der Waals surface area contributed by atoms with E-state index in [-0.39, 0.29) is 0 Å². The molecule has 0 radical (unpaired) electrons. The van der Waals surface area contributed by atoms with Crippen LogP contribution in [0.15, 0.2) is 212 Å². The Morgan fingerprint density at radius 1 is 0.345 bits per heavy atom. The van der Waals surface area contributed by atoms with Crippen LogP contribution in [0.5, 0.6) is 0 Å². The summed E-state index contributed by atoms with van der Waals surface area (Å²) in [5.74, 6) is 0.725. The molecule has 0 fully saturated rings. The van der Waals surface area contributed by atoms with Crippen molar-refractivity contribution in [3.05, 3.63) is 212 Å². The first-order valence-electron chi connectivity index (χ1n) is 19.6. The summed E-state index contributed by atoms with van der Waals surface area (Å²) in [5, 5.41) is 3.71. The van der Waals surface area contributed by atoms with Crippen molar-refractivity contribution in [2.24, 2.45) is 0 Å². The van der Waals surface area contributed by atoms with Crippen LogP contribution in [0.25, 0.3) is 104 Å². The van der Waals surface area contributed by atoms with E-state index >= 15 is 0 Å². The Morgan fingerprint density at radius 2 is 0.810 bits per heavy atom. The smallest absolute Gasteiger partial charge is 0.160 e. The van der Waals surface area contributed by atoms with E-state index in [0.29, 0.717) is 0 Å². The van der Waals surface area contributed by atoms with Crippen molar-refractivity contribution in [3.63, 3.8) is 0 Å². The van der Waals surface area contributed by atoms with E-state index in [1.807, 2.05) is 18.2 Å². The van der Waals surface area contributed by atoms with Crippen molar-refractivity contribution >= 4 is 43.2 Å². The lowest BCUT2D eigenvalue weighted by atomic mass is 10.0. The highest BCUT2D eigenvalue weighted by Crippen LogP contribution is 2.39. The number of fused-ring (bicyclic) bond motifs is 4. The number of aromatic nitrogens is 3. The molecule has 4 heteroatoms. The number of benzene rings is 8. The minimum Gasteiger partial charge on any atom is -0.309 e. The zero-order valence-electron chi connectivity index (χ0n) is 31.5. The van der Waals surface area contributed by atoms with Crippen molar-refractivity contribution in [3.8, 4) is 72.3 Å². The standard InChI is InChI=1S/C54H35N3S/c1-4-12-36(13-5-1)42-26-30-50-46(32-42)47-33-43(37-14-6-2-7-15-37)27-31-51(47)57(50)45-28-24-39(25-29-45)38-20-22-40(23-21-38)48-35-49(53-34-44-18-10-11-19-52(44)58-53)56-54(55-48)41-16-8-3-9-17-41/h1-35H. The number of hydrogen-bond donors (Lipinski definition) is 0. The van der Waals surface area contributed by atoms with Crippen molar-refractivity contribution in [2.45, 2.75) is 0 Å². The molecule has 0 atom stereocenters. The predicted molar refractivity (Wildman–Crippen MR) is 244 cm³/mol. The summed E-state index contributed by atoms with van der Waals surface area (Å²) in [5.41, 5.74) is 14.6. The van der Waals surface area contributed by atoms with Gasteiger partial charge in [-0.3, -0.25) is 0 Å². The van der Waals surface area contributed by atoms with Crippen molar-refractivity contribution in [1.29, 1.82) is 0 Å². The Balaban J connectivity index is 0.956. The van der Waals surface area contributed by atoms with Crippen LogP contribution in [-0.4, -0.2) is 14.5 Å². The van der Waals surface area contributed by atoms with Crippen LogP contribution >= 0.6 is 11.3 Å². The first kappa shape index (κ1) is 33.9. The van der Waals surface area contributed by atoms with Gasteiger partial charge in [0.1, 0.15) is 0 Å². The van der Waals surface area contributed by atoms with Crippen LogP contribution in [0, 0.1) is 0 Å². The van der Waals surface area contributed by atoms with E-state index in [1.54, 1.807) is 11.3 Å². The van der Waals surface area contributed by atoms with E-state index < -0.39 is 0 Å². The van der Waals surface area contributed by atoms with Crippen LogP contribution in [0.1, 0.15) is 0 Å². The number of nitrogens with zero attached hydrogens (tertiary/aromatic N) is 3. The van der Waals surface area contributed by atoms with E-state index in [0.717, 1.165) is 50.0 Å². The van der Waals surface area contributed by atoms with Gasteiger partial charge in [-0.05, 0) is 93.4 Å². The van der Waals surface area contributed by atoms with Gasteiger partial charge in [-0.25, -0.2) is 9.97 Å². The van der Waals surface area contributed by atoms with Crippen LogP contribution in [0.2, 0.25) is 0 Å². The van der Waals surface area contributed by atoms with E-state index in [1.165, 1.54) is 54.1 Å². The summed E-state index contributed by atoms with van der Waals surface area (Å²) >= 11 is 1.77. The van der Waals surface area contributed by atoms with E-state index in [9.17, 15) is 0 Å². The van der Waals surface area contributed by atoms with Gasteiger partial charge in [-0.1, -0.05) is 158 Å². The summed E-state index contributed by atoms with van der Waals surface area (Å²) in [4.78, 5) is 11.3. The number of rotatable bonds is 7. The second-order valence-electron chi connectivity index (χ2n) is 14.6. The zero-order chi connectivity index (χ0) is 38.4. The van der Waals surface area contributed by atoms with Crippen molar-refractivity contribution in [2.75, 3.05) is 0 Å². The first-order chi connectivity index (χ1) is 28.7. The molecule has 3 heterocycles. The fourth-order valence-corrected chi connectivity index (χ4v) is 9.13. The minimum absolute atomic E-state index is 0.725.